The van der Waals surface area contributed by atoms with E-state index in [1.54, 1.807) is 20.1 Å². The molecule has 0 spiro atoms. The minimum absolute atomic E-state index is 0.102. The van der Waals surface area contributed by atoms with Gasteiger partial charge in [0, 0.05) is 19.7 Å². The molecule has 7 heteroatoms. The molecule has 1 aromatic rings. The van der Waals surface area contributed by atoms with Crippen molar-refractivity contribution >= 4 is 27.7 Å². The summed E-state index contributed by atoms with van der Waals surface area (Å²) < 4.78 is 5.51. The topological polar surface area (TPSA) is 76.1 Å². The molecule has 0 aromatic carbocycles. The molecule has 0 bridgehead atoms. The molecule has 94 valence electrons. The third-order valence-electron chi connectivity index (χ3n) is 1.87. The molecular formula is C10H15BrN4O2. The van der Waals surface area contributed by atoms with Crippen LogP contribution in [0, 0.1) is 6.92 Å². The maximum atomic E-state index is 11.4. The first kappa shape index (κ1) is 13.9. The molecule has 0 aliphatic rings. The van der Waals surface area contributed by atoms with Gasteiger partial charge in [0.05, 0.1) is 13.2 Å². The van der Waals surface area contributed by atoms with Crippen molar-refractivity contribution in [2.24, 2.45) is 0 Å². The number of halogens is 1. The Morgan fingerprint density at radius 2 is 2.29 bits per heavy atom. The monoisotopic (exact) mass is 302 g/mol. The molecule has 0 saturated heterocycles. The zero-order valence-electron chi connectivity index (χ0n) is 9.79. The first-order chi connectivity index (χ1) is 8.11. The molecule has 1 heterocycles. The summed E-state index contributed by atoms with van der Waals surface area (Å²) in [6, 6.07) is 1.72. The molecule has 0 radical (unpaired) electrons. The molecule has 0 aliphatic carbocycles. The van der Waals surface area contributed by atoms with E-state index in [4.69, 9.17) is 4.74 Å². The lowest BCUT2D eigenvalue weighted by Gasteiger charge is -2.07. The molecule has 0 fully saturated rings. The lowest BCUT2D eigenvalue weighted by atomic mass is 10.5. The van der Waals surface area contributed by atoms with E-state index in [9.17, 15) is 4.79 Å². The summed E-state index contributed by atoms with van der Waals surface area (Å²) in [4.78, 5) is 19.6. The number of nitrogens with zero attached hydrogens (tertiary/aromatic N) is 2. The van der Waals surface area contributed by atoms with Gasteiger partial charge in [0.2, 0.25) is 5.91 Å². The molecule has 0 unspecified atom stereocenters. The quantitative estimate of drug-likeness (QED) is 0.598. The van der Waals surface area contributed by atoms with Gasteiger partial charge in [-0.05, 0) is 22.9 Å². The van der Waals surface area contributed by atoms with Crippen LogP contribution in [0.1, 0.15) is 5.82 Å². The van der Waals surface area contributed by atoms with E-state index < -0.39 is 0 Å². The molecule has 1 rings (SSSR count). The van der Waals surface area contributed by atoms with Crippen molar-refractivity contribution in [1.29, 1.82) is 0 Å². The van der Waals surface area contributed by atoms with Gasteiger partial charge in [0.25, 0.3) is 0 Å². The van der Waals surface area contributed by atoms with Gasteiger partial charge in [-0.2, -0.15) is 0 Å². The normalized spacial score (nSPS) is 10.1. The van der Waals surface area contributed by atoms with Crippen LogP contribution >= 0.6 is 15.9 Å². The molecule has 1 amide bonds. The van der Waals surface area contributed by atoms with Gasteiger partial charge >= 0.3 is 0 Å². The zero-order valence-corrected chi connectivity index (χ0v) is 11.4. The Morgan fingerprint density at radius 1 is 1.53 bits per heavy atom. The Balaban J connectivity index is 2.36. The van der Waals surface area contributed by atoms with E-state index in [0.29, 0.717) is 29.4 Å². The van der Waals surface area contributed by atoms with E-state index >= 15 is 0 Å². The number of amides is 1. The molecule has 0 saturated carbocycles. The summed E-state index contributed by atoms with van der Waals surface area (Å²) in [6.45, 7) is 2.97. The number of anilines is 1. The van der Waals surface area contributed by atoms with Crippen LogP contribution in [0.4, 0.5) is 5.82 Å². The molecule has 6 nitrogen and oxygen atoms in total. The van der Waals surface area contributed by atoms with E-state index in [2.05, 4.69) is 36.5 Å². The Labute approximate surface area is 108 Å². The fourth-order valence-corrected chi connectivity index (χ4v) is 1.62. The van der Waals surface area contributed by atoms with Gasteiger partial charge in [0.15, 0.2) is 0 Å². The van der Waals surface area contributed by atoms with E-state index in [-0.39, 0.29) is 12.5 Å². The number of methoxy groups -OCH3 is 1. The van der Waals surface area contributed by atoms with Crippen LogP contribution in [0.5, 0.6) is 0 Å². The molecule has 0 aliphatic heterocycles. The fourth-order valence-electron chi connectivity index (χ4n) is 1.15. The number of hydrogen-bond acceptors (Lipinski definition) is 5. The van der Waals surface area contributed by atoms with E-state index in [1.165, 1.54) is 0 Å². The largest absolute Gasteiger partial charge is 0.383 e. The van der Waals surface area contributed by atoms with Crippen molar-refractivity contribution in [1.82, 2.24) is 15.3 Å². The molecule has 1 aromatic heterocycles. The second-order valence-corrected chi connectivity index (χ2v) is 4.13. The first-order valence-electron chi connectivity index (χ1n) is 5.12. The summed E-state index contributed by atoms with van der Waals surface area (Å²) in [5.41, 5.74) is 0. The van der Waals surface area contributed by atoms with Crippen molar-refractivity contribution in [3.63, 3.8) is 0 Å². The highest BCUT2D eigenvalue weighted by Gasteiger charge is 2.03. The summed E-state index contributed by atoms with van der Waals surface area (Å²) in [5, 5.41) is 5.62. The van der Waals surface area contributed by atoms with E-state index in [1.807, 2.05) is 0 Å². The predicted molar refractivity (Wildman–Crippen MR) is 67.8 cm³/mol. The number of ether oxygens (including phenoxy) is 1. The van der Waals surface area contributed by atoms with Crippen LogP contribution in [0.25, 0.3) is 0 Å². The second-order valence-electron chi connectivity index (χ2n) is 3.32. The van der Waals surface area contributed by atoms with Crippen LogP contribution in [0.15, 0.2) is 10.7 Å². The van der Waals surface area contributed by atoms with Crippen molar-refractivity contribution in [3.8, 4) is 0 Å². The van der Waals surface area contributed by atoms with Crippen LogP contribution in [0.3, 0.4) is 0 Å². The van der Waals surface area contributed by atoms with Crippen molar-refractivity contribution in [2.75, 3.05) is 32.1 Å². The van der Waals surface area contributed by atoms with Crippen LogP contribution in [0.2, 0.25) is 0 Å². The first-order valence-corrected chi connectivity index (χ1v) is 5.92. The number of hydrogen-bond donors (Lipinski definition) is 2. The Hall–Kier alpha value is -1.21. The zero-order chi connectivity index (χ0) is 12.7. The van der Waals surface area contributed by atoms with Gasteiger partial charge in [-0.15, -0.1) is 0 Å². The number of carbonyl (C=O) groups is 1. The maximum Gasteiger partial charge on any atom is 0.239 e. The van der Waals surface area contributed by atoms with Gasteiger partial charge < -0.3 is 15.4 Å². The second kappa shape index (κ2) is 7.18. The Morgan fingerprint density at radius 3 is 2.94 bits per heavy atom. The van der Waals surface area contributed by atoms with Crippen LogP contribution < -0.4 is 10.6 Å². The highest BCUT2D eigenvalue weighted by molar-refractivity contribution is 9.10. The summed E-state index contributed by atoms with van der Waals surface area (Å²) >= 11 is 3.26. The smallest absolute Gasteiger partial charge is 0.239 e. The standard InChI is InChI=1S/C10H15BrN4O2/c1-7-14-8(11)5-9(15-7)13-6-10(16)12-3-4-17-2/h5H,3-4,6H2,1-2H3,(H,12,16)(H,13,14,15). The third-order valence-corrected chi connectivity index (χ3v) is 2.27. The van der Waals surface area contributed by atoms with Crippen molar-refractivity contribution in [3.05, 3.63) is 16.5 Å². The van der Waals surface area contributed by atoms with Crippen LogP contribution in [-0.2, 0) is 9.53 Å². The number of nitrogens with one attached hydrogen (secondary N) is 2. The van der Waals surface area contributed by atoms with Gasteiger partial charge in [-0.25, -0.2) is 9.97 Å². The highest BCUT2D eigenvalue weighted by atomic mass is 79.9. The number of rotatable bonds is 6. The molecular weight excluding hydrogens is 288 g/mol. The molecule has 0 atom stereocenters. The predicted octanol–water partition coefficient (Wildman–Crippen LogP) is 0.722. The van der Waals surface area contributed by atoms with Gasteiger partial charge in [-0.3, -0.25) is 4.79 Å². The summed E-state index contributed by atoms with van der Waals surface area (Å²) in [6.07, 6.45) is 0. The minimum Gasteiger partial charge on any atom is -0.383 e. The number of aromatic nitrogens is 2. The lowest BCUT2D eigenvalue weighted by molar-refractivity contribution is -0.119. The third kappa shape index (κ3) is 5.60. The SMILES string of the molecule is COCCNC(=O)CNc1cc(Br)nc(C)n1. The number of aryl methyl sites for hydroxylation is 1. The van der Waals surface area contributed by atoms with Crippen LogP contribution in [-0.4, -0.2) is 42.7 Å². The Bertz CT molecular complexity index is 366. The van der Waals surface area contributed by atoms with Gasteiger partial charge in [-0.1, -0.05) is 0 Å². The number of carbonyl (C=O) groups excluding carboxylic acids is 1. The molecule has 2 N–H and O–H groups in total. The van der Waals surface area contributed by atoms with Crippen molar-refractivity contribution in [2.45, 2.75) is 6.92 Å². The van der Waals surface area contributed by atoms with E-state index in [0.717, 1.165) is 0 Å². The fraction of sp³-hybridized carbons (Fsp3) is 0.500. The summed E-state index contributed by atoms with van der Waals surface area (Å²) in [7, 11) is 1.59. The maximum absolute atomic E-state index is 11.4. The van der Waals surface area contributed by atoms with Gasteiger partial charge in [0.1, 0.15) is 16.2 Å². The van der Waals surface area contributed by atoms with Crippen molar-refractivity contribution < 1.29 is 9.53 Å². The average Bonchev–Trinajstić information content (AvgIpc) is 2.25. The average molecular weight is 303 g/mol. The highest BCUT2D eigenvalue weighted by Crippen LogP contribution is 2.11. The molecule has 17 heavy (non-hydrogen) atoms. The summed E-state index contributed by atoms with van der Waals surface area (Å²) in [5.74, 6) is 1.15. The Kier molecular flexibility index (Phi) is 5.85. The lowest BCUT2D eigenvalue weighted by Crippen LogP contribution is -2.32. The minimum atomic E-state index is -0.102.